The van der Waals surface area contributed by atoms with E-state index in [0.717, 1.165) is 12.8 Å². The molecule has 2 aromatic rings. The number of hydrogen-bond acceptors (Lipinski definition) is 4. The summed E-state index contributed by atoms with van der Waals surface area (Å²) in [7, 11) is -3.59. The van der Waals surface area contributed by atoms with Crippen LogP contribution in [0.15, 0.2) is 59.8 Å². The third kappa shape index (κ3) is 4.24. The molecule has 1 aromatic heterocycles. The Labute approximate surface area is 147 Å². The minimum atomic E-state index is -3.59. The van der Waals surface area contributed by atoms with Crippen molar-refractivity contribution < 1.29 is 13.2 Å². The Morgan fingerprint density at radius 2 is 1.96 bits per heavy atom. The van der Waals surface area contributed by atoms with Gasteiger partial charge < -0.3 is 5.32 Å². The summed E-state index contributed by atoms with van der Waals surface area (Å²) in [5, 5.41) is 2.78. The van der Waals surface area contributed by atoms with Crippen LogP contribution in [0.5, 0.6) is 0 Å². The van der Waals surface area contributed by atoms with E-state index in [2.05, 4.69) is 10.3 Å². The van der Waals surface area contributed by atoms with Crippen molar-refractivity contribution in [2.24, 2.45) is 0 Å². The predicted molar refractivity (Wildman–Crippen MR) is 95.5 cm³/mol. The summed E-state index contributed by atoms with van der Waals surface area (Å²) >= 11 is 0. The van der Waals surface area contributed by atoms with Crippen molar-refractivity contribution in [1.82, 2.24) is 9.29 Å². The normalized spacial score (nSPS) is 18.6. The van der Waals surface area contributed by atoms with E-state index in [1.165, 1.54) is 4.31 Å². The van der Waals surface area contributed by atoms with Crippen LogP contribution in [0.2, 0.25) is 0 Å². The summed E-state index contributed by atoms with van der Waals surface area (Å²) < 4.78 is 27.3. The molecule has 1 aliphatic heterocycles. The Morgan fingerprint density at radius 3 is 2.68 bits per heavy atom. The van der Waals surface area contributed by atoms with Crippen LogP contribution in [0.4, 0.5) is 5.69 Å². The number of carbonyl (C=O) groups is 1. The zero-order valence-corrected chi connectivity index (χ0v) is 14.7. The number of carbonyl (C=O) groups excluding carboxylic acids is 1. The number of rotatable bonds is 5. The molecule has 1 aromatic carbocycles. The van der Waals surface area contributed by atoms with E-state index in [1.807, 2.05) is 0 Å². The third-order valence-electron chi connectivity index (χ3n) is 4.29. The molecule has 0 unspecified atom stereocenters. The van der Waals surface area contributed by atoms with Crippen molar-refractivity contribution in [2.45, 2.75) is 36.6 Å². The first kappa shape index (κ1) is 17.6. The second-order valence-corrected chi connectivity index (χ2v) is 7.96. The highest BCUT2D eigenvalue weighted by molar-refractivity contribution is 7.89. The van der Waals surface area contributed by atoms with Crippen molar-refractivity contribution in [3.63, 3.8) is 0 Å². The first-order chi connectivity index (χ1) is 12.1. The molecule has 132 valence electrons. The van der Waals surface area contributed by atoms with Gasteiger partial charge in [-0.05, 0) is 37.1 Å². The van der Waals surface area contributed by atoms with Gasteiger partial charge in [0, 0.05) is 25.2 Å². The number of anilines is 1. The number of amides is 1. The fourth-order valence-corrected chi connectivity index (χ4v) is 4.80. The van der Waals surface area contributed by atoms with Crippen molar-refractivity contribution >= 4 is 21.6 Å². The summed E-state index contributed by atoms with van der Waals surface area (Å²) in [6, 6.07) is 11.6. The molecule has 0 radical (unpaired) electrons. The molecule has 7 heteroatoms. The number of nitrogens with zero attached hydrogens (tertiary/aromatic N) is 2. The molecular formula is C18H21N3O3S. The van der Waals surface area contributed by atoms with Crippen LogP contribution in [0.1, 0.15) is 25.7 Å². The van der Waals surface area contributed by atoms with Gasteiger partial charge in [-0.25, -0.2) is 8.42 Å². The molecule has 1 atom stereocenters. The van der Waals surface area contributed by atoms with Crippen molar-refractivity contribution in [1.29, 1.82) is 0 Å². The lowest BCUT2D eigenvalue weighted by Crippen LogP contribution is -2.45. The van der Waals surface area contributed by atoms with Gasteiger partial charge in [-0.2, -0.15) is 4.31 Å². The zero-order chi connectivity index (χ0) is 17.7. The van der Waals surface area contributed by atoms with E-state index in [4.69, 9.17) is 0 Å². The Bertz CT molecular complexity index is 810. The molecule has 1 saturated heterocycles. The second-order valence-electron chi connectivity index (χ2n) is 6.07. The van der Waals surface area contributed by atoms with Gasteiger partial charge in [-0.1, -0.05) is 24.6 Å². The maximum absolute atomic E-state index is 12.9. The number of pyridine rings is 1. The van der Waals surface area contributed by atoms with Gasteiger partial charge in [0.2, 0.25) is 15.9 Å². The van der Waals surface area contributed by atoms with E-state index in [0.29, 0.717) is 18.7 Å². The molecule has 1 aliphatic rings. The summed E-state index contributed by atoms with van der Waals surface area (Å²) in [6.07, 6.45) is 5.76. The lowest BCUT2D eigenvalue weighted by Gasteiger charge is -2.34. The van der Waals surface area contributed by atoms with Gasteiger partial charge in [0.1, 0.15) is 0 Å². The standard InChI is InChI=1S/C18H21N3O3S/c22-18(20-15-7-6-11-19-14-15)13-16-8-4-5-12-21(16)25(23,24)17-9-2-1-3-10-17/h1-3,6-7,9-11,14,16H,4-5,8,12-13H2,(H,20,22)/t16-/m1/s1. The maximum Gasteiger partial charge on any atom is 0.243 e. The Morgan fingerprint density at radius 1 is 1.16 bits per heavy atom. The lowest BCUT2D eigenvalue weighted by atomic mass is 10.0. The minimum Gasteiger partial charge on any atom is -0.325 e. The van der Waals surface area contributed by atoms with Gasteiger partial charge >= 0.3 is 0 Å². The Hall–Kier alpha value is -2.25. The topological polar surface area (TPSA) is 79.4 Å². The van der Waals surface area contributed by atoms with Crippen LogP contribution in [-0.4, -0.2) is 36.2 Å². The maximum atomic E-state index is 12.9. The second kappa shape index (κ2) is 7.76. The minimum absolute atomic E-state index is 0.140. The van der Waals surface area contributed by atoms with E-state index in [1.54, 1.807) is 54.9 Å². The van der Waals surface area contributed by atoms with Gasteiger partial charge in [0.25, 0.3) is 0 Å². The molecule has 1 amide bonds. The number of nitrogens with one attached hydrogen (secondary N) is 1. The molecule has 6 nitrogen and oxygen atoms in total. The molecule has 0 aliphatic carbocycles. The number of sulfonamides is 1. The number of benzene rings is 1. The third-order valence-corrected chi connectivity index (χ3v) is 6.26. The Balaban J connectivity index is 1.74. The smallest absolute Gasteiger partial charge is 0.243 e. The molecule has 0 saturated carbocycles. The fraction of sp³-hybridized carbons (Fsp3) is 0.333. The largest absolute Gasteiger partial charge is 0.325 e. The quantitative estimate of drug-likeness (QED) is 0.890. The molecule has 2 heterocycles. The number of hydrogen-bond donors (Lipinski definition) is 1. The molecule has 1 fully saturated rings. The van der Waals surface area contributed by atoms with Crippen LogP contribution in [-0.2, 0) is 14.8 Å². The van der Waals surface area contributed by atoms with E-state index in [-0.39, 0.29) is 23.3 Å². The molecular weight excluding hydrogens is 338 g/mol. The van der Waals surface area contributed by atoms with Gasteiger partial charge in [-0.3, -0.25) is 9.78 Å². The molecule has 0 spiro atoms. The fourth-order valence-electron chi connectivity index (χ4n) is 3.09. The van der Waals surface area contributed by atoms with E-state index in [9.17, 15) is 13.2 Å². The van der Waals surface area contributed by atoms with Crippen LogP contribution in [0.25, 0.3) is 0 Å². The van der Waals surface area contributed by atoms with Crippen molar-refractivity contribution in [3.05, 3.63) is 54.9 Å². The van der Waals surface area contributed by atoms with E-state index >= 15 is 0 Å². The average Bonchev–Trinajstić information content (AvgIpc) is 2.63. The van der Waals surface area contributed by atoms with Crippen molar-refractivity contribution in [2.75, 3.05) is 11.9 Å². The van der Waals surface area contributed by atoms with Crippen LogP contribution < -0.4 is 5.32 Å². The predicted octanol–water partition coefficient (Wildman–Crippen LogP) is 2.65. The Kier molecular flexibility index (Phi) is 5.45. The summed E-state index contributed by atoms with van der Waals surface area (Å²) in [5.41, 5.74) is 0.612. The molecule has 1 N–H and O–H groups in total. The molecule has 25 heavy (non-hydrogen) atoms. The van der Waals surface area contributed by atoms with E-state index < -0.39 is 10.0 Å². The SMILES string of the molecule is O=C(C[C@H]1CCCCN1S(=O)(=O)c1ccccc1)Nc1cccnc1. The highest BCUT2D eigenvalue weighted by Gasteiger charge is 2.34. The van der Waals surface area contributed by atoms with Gasteiger partial charge in [0.15, 0.2) is 0 Å². The van der Waals surface area contributed by atoms with Crippen molar-refractivity contribution in [3.8, 4) is 0 Å². The monoisotopic (exact) mass is 359 g/mol. The van der Waals surface area contributed by atoms with Crippen LogP contribution >= 0.6 is 0 Å². The first-order valence-corrected chi connectivity index (χ1v) is 9.78. The number of aromatic nitrogens is 1. The number of piperidine rings is 1. The van der Waals surface area contributed by atoms with Gasteiger partial charge in [0.05, 0.1) is 16.8 Å². The summed E-state index contributed by atoms with van der Waals surface area (Å²) in [6.45, 7) is 0.446. The summed E-state index contributed by atoms with van der Waals surface area (Å²) in [4.78, 5) is 16.6. The highest BCUT2D eigenvalue weighted by Crippen LogP contribution is 2.27. The first-order valence-electron chi connectivity index (χ1n) is 8.34. The zero-order valence-electron chi connectivity index (χ0n) is 13.8. The summed E-state index contributed by atoms with van der Waals surface area (Å²) in [5.74, 6) is -0.201. The average molecular weight is 359 g/mol. The van der Waals surface area contributed by atoms with Crippen LogP contribution in [0.3, 0.4) is 0 Å². The molecule has 3 rings (SSSR count). The molecule has 0 bridgehead atoms. The van der Waals surface area contributed by atoms with Gasteiger partial charge in [-0.15, -0.1) is 0 Å². The lowest BCUT2D eigenvalue weighted by molar-refractivity contribution is -0.117. The highest BCUT2D eigenvalue weighted by atomic mass is 32.2. The van der Waals surface area contributed by atoms with Crippen LogP contribution in [0, 0.1) is 0 Å².